The van der Waals surface area contributed by atoms with Crippen molar-refractivity contribution in [3.8, 4) is 0 Å². The standard InChI is InChI=1S/C28H45N3O3/c1-5-7-8-9-10-11-15-18-25(32)29-26(22(3)6-2)28(34)30-19-20-31(23(4)21-30)27(33)24-16-13-12-14-17-24/h12-14,16-17,22-23,26H,5-11,15,18-21H2,1-4H3,(H,29,32). The number of nitrogens with one attached hydrogen (secondary N) is 1. The lowest BCUT2D eigenvalue weighted by molar-refractivity contribution is -0.140. The zero-order valence-electron chi connectivity index (χ0n) is 21.7. The van der Waals surface area contributed by atoms with E-state index in [1.54, 1.807) is 0 Å². The zero-order chi connectivity index (χ0) is 24.9. The normalized spacial score (nSPS) is 17.8. The topological polar surface area (TPSA) is 69.7 Å². The molecule has 2 rings (SSSR count). The van der Waals surface area contributed by atoms with E-state index in [0.29, 0.717) is 31.6 Å². The van der Waals surface area contributed by atoms with Gasteiger partial charge in [0.05, 0.1) is 0 Å². The lowest BCUT2D eigenvalue weighted by Crippen LogP contribution is -2.60. The molecule has 1 aliphatic heterocycles. The van der Waals surface area contributed by atoms with Crippen molar-refractivity contribution < 1.29 is 14.4 Å². The van der Waals surface area contributed by atoms with Gasteiger partial charge in [-0.3, -0.25) is 14.4 Å². The number of rotatable bonds is 13. The summed E-state index contributed by atoms with van der Waals surface area (Å²) in [6.45, 7) is 9.74. The molecule has 1 N–H and O–H groups in total. The van der Waals surface area contributed by atoms with Gasteiger partial charge in [-0.2, -0.15) is 0 Å². The number of piperazine rings is 1. The van der Waals surface area contributed by atoms with Crippen LogP contribution >= 0.6 is 0 Å². The van der Waals surface area contributed by atoms with Gasteiger partial charge in [0.15, 0.2) is 0 Å². The molecule has 1 aromatic carbocycles. The summed E-state index contributed by atoms with van der Waals surface area (Å²) >= 11 is 0. The maximum absolute atomic E-state index is 13.4. The van der Waals surface area contributed by atoms with Crippen molar-refractivity contribution in [2.75, 3.05) is 19.6 Å². The van der Waals surface area contributed by atoms with E-state index in [1.165, 1.54) is 32.1 Å². The Balaban J connectivity index is 1.87. The van der Waals surface area contributed by atoms with Gasteiger partial charge >= 0.3 is 0 Å². The van der Waals surface area contributed by atoms with Gasteiger partial charge < -0.3 is 15.1 Å². The van der Waals surface area contributed by atoms with Gasteiger partial charge in [-0.25, -0.2) is 0 Å². The molecule has 0 spiro atoms. The molecule has 3 atom stereocenters. The molecular formula is C28H45N3O3. The fraction of sp³-hybridized carbons (Fsp3) is 0.679. The van der Waals surface area contributed by atoms with Gasteiger partial charge in [0, 0.05) is 37.7 Å². The number of nitrogens with zero attached hydrogens (tertiary/aromatic N) is 2. The van der Waals surface area contributed by atoms with Crippen LogP contribution in [0.15, 0.2) is 30.3 Å². The first-order valence-electron chi connectivity index (χ1n) is 13.3. The van der Waals surface area contributed by atoms with E-state index in [-0.39, 0.29) is 29.7 Å². The van der Waals surface area contributed by atoms with Crippen LogP contribution in [0.2, 0.25) is 0 Å². The molecule has 6 nitrogen and oxygen atoms in total. The number of carbonyl (C=O) groups is 3. The van der Waals surface area contributed by atoms with Crippen LogP contribution in [0.3, 0.4) is 0 Å². The molecular weight excluding hydrogens is 426 g/mol. The summed E-state index contributed by atoms with van der Waals surface area (Å²) < 4.78 is 0. The Morgan fingerprint density at radius 3 is 2.24 bits per heavy atom. The van der Waals surface area contributed by atoms with Gasteiger partial charge in [0.1, 0.15) is 6.04 Å². The second kappa shape index (κ2) is 14.8. The highest BCUT2D eigenvalue weighted by Gasteiger charge is 2.35. The SMILES string of the molecule is CCCCCCCCCC(=O)NC(C(=O)N1CCN(C(=O)c2ccccc2)C(C)C1)C(C)CC. The highest BCUT2D eigenvalue weighted by Crippen LogP contribution is 2.18. The first-order chi connectivity index (χ1) is 16.4. The van der Waals surface area contributed by atoms with Crippen LogP contribution in [0.1, 0.15) is 95.8 Å². The monoisotopic (exact) mass is 471 g/mol. The summed E-state index contributed by atoms with van der Waals surface area (Å²) in [5, 5.41) is 3.04. The number of hydrogen-bond donors (Lipinski definition) is 1. The summed E-state index contributed by atoms with van der Waals surface area (Å²) in [7, 11) is 0. The highest BCUT2D eigenvalue weighted by molar-refractivity contribution is 5.94. The third kappa shape index (κ3) is 8.44. The average Bonchev–Trinajstić information content (AvgIpc) is 2.86. The molecule has 0 bridgehead atoms. The van der Waals surface area contributed by atoms with E-state index in [4.69, 9.17) is 0 Å². The van der Waals surface area contributed by atoms with E-state index in [1.807, 2.05) is 60.9 Å². The molecule has 0 saturated carbocycles. The van der Waals surface area contributed by atoms with E-state index in [0.717, 1.165) is 19.3 Å². The number of amides is 3. The molecule has 34 heavy (non-hydrogen) atoms. The third-order valence-corrected chi connectivity index (χ3v) is 7.02. The van der Waals surface area contributed by atoms with E-state index in [9.17, 15) is 14.4 Å². The Labute approximate surface area is 206 Å². The largest absolute Gasteiger partial charge is 0.344 e. The van der Waals surface area contributed by atoms with Gasteiger partial charge in [0.2, 0.25) is 11.8 Å². The van der Waals surface area contributed by atoms with E-state index < -0.39 is 6.04 Å². The fourth-order valence-corrected chi connectivity index (χ4v) is 4.57. The molecule has 6 heteroatoms. The Bertz CT molecular complexity index is 767. The molecule has 0 aromatic heterocycles. The molecule has 0 radical (unpaired) electrons. The maximum Gasteiger partial charge on any atom is 0.254 e. The average molecular weight is 472 g/mol. The summed E-state index contributed by atoms with van der Waals surface area (Å²) in [6.07, 6.45) is 9.43. The summed E-state index contributed by atoms with van der Waals surface area (Å²) in [4.78, 5) is 42.6. The van der Waals surface area contributed by atoms with Crippen molar-refractivity contribution >= 4 is 17.7 Å². The number of hydrogen-bond acceptors (Lipinski definition) is 3. The molecule has 1 saturated heterocycles. The molecule has 3 amide bonds. The quantitative estimate of drug-likeness (QED) is 0.410. The van der Waals surface area contributed by atoms with Crippen molar-refractivity contribution in [3.05, 3.63) is 35.9 Å². The highest BCUT2D eigenvalue weighted by atomic mass is 16.2. The molecule has 1 aliphatic rings. The van der Waals surface area contributed by atoms with Gasteiger partial charge in [-0.05, 0) is 31.4 Å². The Kier molecular flexibility index (Phi) is 12.1. The summed E-state index contributed by atoms with van der Waals surface area (Å²) in [5.74, 6) is 0.00512. The van der Waals surface area contributed by atoms with Gasteiger partial charge in [0.25, 0.3) is 5.91 Å². The minimum atomic E-state index is -0.509. The number of benzene rings is 1. The smallest absolute Gasteiger partial charge is 0.254 e. The van der Waals surface area contributed by atoms with Crippen LogP contribution in [0.5, 0.6) is 0 Å². The Morgan fingerprint density at radius 1 is 0.971 bits per heavy atom. The second-order valence-electron chi connectivity index (χ2n) is 9.80. The van der Waals surface area contributed by atoms with E-state index in [2.05, 4.69) is 12.2 Å². The van der Waals surface area contributed by atoms with Crippen molar-refractivity contribution in [2.45, 2.75) is 97.6 Å². The first-order valence-corrected chi connectivity index (χ1v) is 13.3. The first kappa shape index (κ1) is 27.9. The van der Waals surface area contributed by atoms with Crippen molar-refractivity contribution in [1.82, 2.24) is 15.1 Å². The van der Waals surface area contributed by atoms with Crippen molar-refractivity contribution in [2.24, 2.45) is 5.92 Å². The minimum absolute atomic E-state index is 0.00155. The molecule has 3 unspecified atom stereocenters. The number of carbonyl (C=O) groups excluding carboxylic acids is 3. The molecule has 1 heterocycles. The summed E-state index contributed by atoms with van der Waals surface area (Å²) in [5.41, 5.74) is 0.671. The Hall–Kier alpha value is -2.37. The van der Waals surface area contributed by atoms with Crippen LogP contribution < -0.4 is 5.32 Å². The zero-order valence-corrected chi connectivity index (χ0v) is 21.7. The second-order valence-corrected chi connectivity index (χ2v) is 9.80. The predicted octanol–water partition coefficient (Wildman–Crippen LogP) is 5.03. The van der Waals surface area contributed by atoms with Crippen molar-refractivity contribution in [1.29, 1.82) is 0 Å². The van der Waals surface area contributed by atoms with Gasteiger partial charge in [-0.1, -0.05) is 83.9 Å². The van der Waals surface area contributed by atoms with Crippen LogP contribution in [0.25, 0.3) is 0 Å². The van der Waals surface area contributed by atoms with Crippen LogP contribution in [0, 0.1) is 5.92 Å². The Morgan fingerprint density at radius 2 is 1.62 bits per heavy atom. The van der Waals surface area contributed by atoms with Crippen molar-refractivity contribution in [3.63, 3.8) is 0 Å². The molecule has 1 aromatic rings. The van der Waals surface area contributed by atoms with Crippen LogP contribution in [-0.4, -0.2) is 59.2 Å². The minimum Gasteiger partial charge on any atom is -0.344 e. The maximum atomic E-state index is 13.4. The predicted molar refractivity (Wildman–Crippen MR) is 138 cm³/mol. The molecule has 0 aliphatic carbocycles. The van der Waals surface area contributed by atoms with E-state index >= 15 is 0 Å². The van der Waals surface area contributed by atoms with Gasteiger partial charge in [-0.15, -0.1) is 0 Å². The fourth-order valence-electron chi connectivity index (χ4n) is 4.57. The summed E-state index contributed by atoms with van der Waals surface area (Å²) in [6, 6.07) is 8.69. The lowest BCUT2D eigenvalue weighted by Gasteiger charge is -2.41. The molecule has 190 valence electrons. The third-order valence-electron chi connectivity index (χ3n) is 7.02. The van der Waals surface area contributed by atoms with Crippen LogP contribution in [0.4, 0.5) is 0 Å². The molecule has 1 fully saturated rings. The number of unbranched alkanes of at least 4 members (excludes halogenated alkanes) is 6. The lowest BCUT2D eigenvalue weighted by atomic mass is 9.96. The van der Waals surface area contributed by atoms with Crippen LogP contribution in [-0.2, 0) is 9.59 Å².